The van der Waals surface area contributed by atoms with Gasteiger partial charge in [-0.25, -0.2) is 0 Å². The molecule has 0 spiro atoms. The Labute approximate surface area is 105 Å². The fourth-order valence-electron chi connectivity index (χ4n) is 1.75. The van der Waals surface area contributed by atoms with Crippen molar-refractivity contribution in [3.63, 3.8) is 0 Å². The fraction of sp³-hybridized carbons (Fsp3) is 0.600. The third-order valence-electron chi connectivity index (χ3n) is 2.68. The van der Waals surface area contributed by atoms with Gasteiger partial charge in [-0.05, 0) is 64.3 Å². The van der Waals surface area contributed by atoms with E-state index < -0.39 is 0 Å². The number of nitrogens with one attached hydrogen (secondary N) is 1. The van der Waals surface area contributed by atoms with Gasteiger partial charge >= 0.3 is 0 Å². The van der Waals surface area contributed by atoms with E-state index in [0.29, 0.717) is 0 Å². The quantitative estimate of drug-likeness (QED) is 0.763. The lowest BCUT2D eigenvalue weighted by molar-refractivity contribution is 0.413. The molecule has 2 nitrogen and oxygen atoms in total. The van der Waals surface area contributed by atoms with Gasteiger partial charge in [0.25, 0.3) is 0 Å². The van der Waals surface area contributed by atoms with E-state index >= 15 is 0 Å². The van der Waals surface area contributed by atoms with Crippen molar-refractivity contribution in [1.29, 1.82) is 0 Å². The van der Waals surface area contributed by atoms with Crippen LogP contribution in [-0.2, 0) is 6.42 Å². The molecule has 1 rings (SSSR count). The van der Waals surface area contributed by atoms with Gasteiger partial charge in [0.15, 0.2) is 0 Å². The highest BCUT2D eigenvalue weighted by atomic mass is 16.5. The number of unbranched alkanes of at least 4 members (excludes halogenated alkanes) is 1. The third-order valence-corrected chi connectivity index (χ3v) is 2.68. The van der Waals surface area contributed by atoms with Crippen LogP contribution in [0, 0.1) is 0 Å². The van der Waals surface area contributed by atoms with Crippen LogP contribution in [0.4, 0.5) is 0 Å². The Morgan fingerprint density at radius 3 is 2.59 bits per heavy atom. The Hall–Kier alpha value is -1.02. The lowest BCUT2D eigenvalue weighted by atomic mass is 10.1. The Morgan fingerprint density at radius 1 is 1.18 bits per heavy atom. The molecule has 0 fully saturated rings. The monoisotopic (exact) mass is 235 g/mol. The van der Waals surface area contributed by atoms with Crippen molar-refractivity contribution in [2.24, 2.45) is 0 Å². The van der Waals surface area contributed by atoms with Gasteiger partial charge in [0.05, 0.1) is 7.11 Å². The largest absolute Gasteiger partial charge is 0.497 e. The summed E-state index contributed by atoms with van der Waals surface area (Å²) in [5, 5.41) is 3.51. The zero-order valence-electron chi connectivity index (χ0n) is 11.5. The van der Waals surface area contributed by atoms with Crippen LogP contribution in [0.3, 0.4) is 0 Å². The molecule has 1 aromatic carbocycles. The number of benzene rings is 1. The first-order valence-electron chi connectivity index (χ1n) is 6.39. The highest BCUT2D eigenvalue weighted by Crippen LogP contribution is 2.14. The van der Waals surface area contributed by atoms with E-state index in [1.54, 1.807) is 7.11 Å². The minimum absolute atomic E-state index is 0.232. The van der Waals surface area contributed by atoms with E-state index in [1.807, 2.05) is 6.07 Å². The topological polar surface area (TPSA) is 21.3 Å². The van der Waals surface area contributed by atoms with Crippen molar-refractivity contribution in [1.82, 2.24) is 5.32 Å². The molecule has 2 heteroatoms. The summed E-state index contributed by atoms with van der Waals surface area (Å²) in [5.74, 6) is 0.954. The molecule has 0 saturated heterocycles. The molecule has 0 saturated carbocycles. The molecule has 1 aromatic rings. The van der Waals surface area contributed by atoms with Crippen LogP contribution in [0.15, 0.2) is 24.3 Å². The second kappa shape index (κ2) is 6.65. The van der Waals surface area contributed by atoms with Gasteiger partial charge in [0.1, 0.15) is 5.75 Å². The number of aryl methyl sites for hydroxylation is 1. The van der Waals surface area contributed by atoms with Gasteiger partial charge in [0.2, 0.25) is 0 Å². The van der Waals surface area contributed by atoms with Gasteiger partial charge in [-0.3, -0.25) is 0 Å². The summed E-state index contributed by atoms with van der Waals surface area (Å²) in [5.41, 5.74) is 1.59. The zero-order valence-corrected chi connectivity index (χ0v) is 11.5. The average Bonchev–Trinajstić information content (AvgIpc) is 2.27. The second-order valence-corrected chi connectivity index (χ2v) is 5.49. The van der Waals surface area contributed by atoms with Crippen LogP contribution < -0.4 is 10.1 Å². The maximum Gasteiger partial charge on any atom is 0.119 e. The molecule has 0 aliphatic carbocycles. The van der Waals surface area contributed by atoms with Gasteiger partial charge in [-0.1, -0.05) is 12.1 Å². The predicted octanol–water partition coefficient (Wildman–Crippen LogP) is 3.41. The molecule has 0 heterocycles. The maximum atomic E-state index is 5.21. The summed E-state index contributed by atoms with van der Waals surface area (Å²) in [6.07, 6.45) is 3.56. The van der Waals surface area contributed by atoms with Crippen LogP contribution in [0.1, 0.15) is 39.2 Å². The predicted molar refractivity (Wildman–Crippen MR) is 73.7 cm³/mol. The smallest absolute Gasteiger partial charge is 0.119 e. The van der Waals surface area contributed by atoms with Crippen LogP contribution >= 0.6 is 0 Å². The molecule has 0 bridgehead atoms. The zero-order chi connectivity index (χ0) is 12.7. The first-order valence-corrected chi connectivity index (χ1v) is 6.39. The number of methoxy groups -OCH3 is 1. The van der Waals surface area contributed by atoms with Crippen molar-refractivity contribution in [2.75, 3.05) is 13.7 Å². The standard InChI is InChI=1S/C15H25NO/c1-15(2,3)16-11-6-5-8-13-9-7-10-14(12-13)17-4/h7,9-10,12,16H,5-6,8,11H2,1-4H3. The molecule has 17 heavy (non-hydrogen) atoms. The summed E-state index contributed by atoms with van der Waals surface area (Å²) in [6.45, 7) is 7.70. The molecule has 0 atom stereocenters. The highest BCUT2D eigenvalue weighted by Gasteiger charge is 2.06. The number of rotatable bonds is 6. The normalized spacial score (nSPS) is 11.5. The van der Waals surface area contributed by atoms with Gasteiger partial charge in [-0.2, -0.15) is 0 Å². The Bertz CT molecular complexity index is 328. The summed E-state index contributed by atoms with van der Waals surface area (Å²) < 4.78 is 5.21. The third kappa shape index (κ3) is 6.32. The average molecular weight is 235 g/mol. The van der Waals surface area contributed by atoms with Gasteiger partial charge in [-0.15, -0.1) is 0 Å². The van der Waals surface area contributed by atoms with Crippen LogP contribution in [0.25, 0.3) is 0 Å². The molecule has 0 aliphatic rings. The lowest BCUT2D eigenvalue weighted by Crippen LogP contribution is -2.36. The maximum absolute atomic E-state index is 5.21. The van der Waals surface area contributed by atoms with E-state index in [1.165, 1.54) is 18.4 Å². The number of ether oxygens (including phenoxy) is 1. The molecular weight excluding hydrogens is 210 g/mol. The molecule has 1 N–H and O–H groups in total. The summed E-state index contributed by atoms with van der Waals surface area (Å²) in [6, 6.07) is 8.34. The van der Waals surface area contributed by atoms with Gasteiger partial charge < -0.3 is 10.1 Å². The van der Waals surface area contributed by atoms with Crippen molar-refractivity contribution < 1.29 is 4.74 Å². The Balaban J connectivity index is 2.22. The van der Waals surface area contributed by atoms with Crippen LogP contribution in [0.5, 0.6) is 5.75 Å². The SMILES string of the molecule is COc1cccc(CCCCNC(C)(C)C)c1. The van der Waals surface area contributed by atoms with Crippen molar-refractivity contribution >= 4 is 0 Å². The summed E-state index contributed by atoms with van der Waals surface area (Å²) >= 11 is 0. The first kappa shape index (κ1) is 14.0. The van der Waals surface area contributed by atoms with E-state index in [-0.39, 0.29) is 5.54 Å². The highest BCUT2D eigenvalue weighted by molar-refractivity contribution is 5.28. The summed E-state index contributed by atoms with van der Waals surface area (Å²) in [4.78, 5) is 0. The van der Waals surface area contributed by atoms with E-state index in [9.17, 15) is 0 Å². The second-order valence-electron chi connectivity index (χ2n) is 5.49. The van der Waals surface area contributed by atoms with Crippen molar-refractivity contribution in [2.45, 2.75) is 45.6 Å². The van der Waals surface area contributed by atoms with Crippen molar-refractivity contribution in [3.05, 3.63) is 29.8 Å². The molecule has 0 amide bonds. The van der Waals surface area contributed by atoms with Gasteiger partial charge in [0, 0.05) is 5.54 Å². The lowest BCUT2D eigenvalue weighted by Gasteiger charge is -2.20. The van der Waals surface area contributed by atoms with E-state index in [0.717, 1.165) is 18.7 Å². The Morgan fingerprint density at radius 2 is 1.94 bits per heavy atom. The number of hydrogen-bond acceptors (Lipinski definition) is 2. The molecule has 0 aliphatic heterocycles. The van der Waals surface area contributed by atoms with E-state index in [4.69, 9.17) is 4.74 Å². The minimum Gasteiger partial charge on any atom is -0.497 e. The van der Waals surface area contributed by atoms with Crippen molar-refractivity contribution in [3.8, 4) is 5.75 Å². The summed E-state index contributed by atoms with van der Waals surface area (Å²) in [7, 11) is 1.71. The molecule has 96 valence electrons. The van der Waals surface area contributed by atoms with Crippen LogP contribution in [-0.4, -0.2) is 19.2 Å². The molecule has 0 unspecified atom stereocenters. The molecular formula is C15H25NO. The fourth-order valence-corrected chi connectivity index (χ4v) is 1.75. The first-order chi connectivity index (χ1) is 8.01. The Kier molecular flexibility index (Phi) is 5.49. The molecule has 0 radical (unpaired) electrons. The minimum atomic E-state index is 0.232. The van der Waals surface area contributed by atoms with Crippen LogP contribution in [0.2, 0.25) is 0 Å². The molecule has 0 aromatic heterocycles. The van der Waals surface area contributed by atoms with E-state index in [2.05, 4.69) is 44.3 Å². The number of hydrogen-bond donors (Lipinski definition) is 1.